The van der Waals surface area contributed by atoms with Crippen molar-refractivity contribution in [1.29, 1.82) is 0 Å². The lowest BCUT2D eigenvalue weighted by Gasteiger charge is -2.20. The lowest BCUT2D eigenvalue weighted by molar-refractivity contribution is 0.0532. The Kier molecular flexibility index (Phi) is 7.09. The second-order valence-electron chi connectivity index (χ2n) is 5.12. The second kappa shape index (κ2) is 8.59. The van der Waals surface area contributed by atoms with Crippen LogP contribution in [0.1, 0.15) is 37.6 Å². The van der Waals surface area contributed by atoms with E-state index in [1.165, 1.54) is 0 Å². The fraction of sp³-hybridized carbons (Fsp3) is 0.562. The summed E-state index contributed by atoms with van der Waals surface area (Å²) in [6, 6.07) is 7.64. The molecule has 0 atom stereocenters. The van der Waals surface area contributed by atoms with Crippen molar-refractivity contribution >= 4 is 11.6 Å². The van der Waals surface area contributed by atoms with Gasteiger partial charge in [-0.2, -0.15) is 0 Å². The first kappa shape index (κ1) is 16.5. The molecule has 1 aromatic carbocycles. The number of nitrogens with one attached hydrogen (secondary N) is 1. The summed E-state index contributed by atoms with van der Waals surface area (Å²) in [7, 11) is 1.81. The molecule has 0 unspecified atom stereocenters. The molecule has 0 aliphatic carbocycles. The number of rotatable bonds is 8. The summed E-state index contributed by atoms with van der Waals surface area (Å²) in [5.41, 5.74) is 1.61. The fourth-order valence-corrected chi connectivity index (χ4v) is 1.82. The number of anilines is 1. The highest BCUT2D eigenvalue weighted by atomic mass is 16.5. The first-order valence-electron chi connectivity index (χ1n) is 7.26. The van der Waals surface area contributed by atoms with E-state index in [1.807, 2.05) is 45.2 Å². The van der Waals surface area contributed by atoms with Crippen molar-refractivity contribution in [1.82, 2.24) is 4.90 Å². The summed E-state index contributed by atoms with van der Waals surface area (Å²) in [6.45, 7) is 8.11. The molecule has 4 heteroatoms. The predicted octanol–water partition coefficient (Wildman–Crippen LogP) is 3.01. The van der Waals surface area contributed by atoms with E-state index in [0.717, 1.165) is 18.7 Å². The van der Waals surface area contributed by atoms with E-state index in [9.17, 15) is 4.79 Å². The van der Waals surface area contributed by atoms with E-state index < -0.39 is 0 Å². The predicted molar refractivity (Wildman–Crippen MR) is 83.3 cm³/mol. The Bertz CT molecular complexity index is 419. The number of amides is 1. The summed E-state index contributed by atoms with van der Waals surface area (Å²) in [4.78, 5) is 14.1. The minimum atomic E-state index is 0.0246. The summed E-state index contributed by atoms with van der Waals surface area (Å²) in [5.74, 6) is 0.0246. The van der Waals surface area contributed by atoms with Gasteiger partial charge >= 0.3 is 0 Å². The van der Waals surface area contributed by atoms with Gasteiger partial charge in [0.1, 0.15) is 0 Å². The van der Waals surface area contributed by atoms with Crippen LogP contribution in [-0.4, -0.2) is 43.7 Å². The van der Waals surface area contributed by atoms with Gasteiger partial charge in [0.25, 0.3) is 5.91 Å². The maximum Gasteiger partial charge on any atom is 0.255 e. The molecule has 0 heterocycles. The van der Waals surface area contributed by atoms with Crippen LogP contribution in [0.5, 0.6) is 0 Å². The van der Waals surface area contributed by atoms with E-state index >= 15 is 0 Å². The van der Waals surface area contributed by atoms with Gasteiger partial charge in [-0.25, -0.2) is 0 Å². The number of carbonyl (C=O) groups is 1. The molecule has 0 aliphatic heterocycles. The molecule has 0 saturated carbocycles. The number of benzene rings is 1. The van der Waals surface area contributed by atoms with Crippen LogP contribution in [0.3, 0.4) is 0 Å². The molecule has 0 bridgehead atoms. The van der Waals surface area contributed by atoms with Crippen molar-refractivity contribution in [3.8, 4) is 0 Å². The largest absolute Gasteiger partial charge is 0.384 e. The van der Waals surface area contributed by atoms with Gasteiger partial charge in [-0.1, -0.05) is 19.1 Å². The number of carbonyl (C=O) groups excluding carboxylic acids is 1. The molecule has 20 heavy (non-hydrogen) atoms. The number of para-hydroxylation sites is 1. The minimum Gasteiger partial charge on any atom is -0.384 e. The van der Waals surface area contributed by atoms with Gasteiger partial charge in [0.15, 0.2) is 0 Å². The average molecular weight is 278 g/mol. The highest BCUT2D eigenvalue weighted by Crippen LogP contribution is 2.16. The normalized spacial score (nSPS) is 10.7. The number of nitrogens with zero attached hydrogens (tertiary/aromatic N) is 1. The Hall–Kier alpha value is -1.55. The molecule has 0 radical (unpaired) electrons. The zero-order chi connectivity index (χ0) is 15.0. The average Bonchev–Trinajstić information content (AvgIpc) is 2.44. The van der Waals surface area contributed by atoms with E-state index in [0.29, 0.717) is 18.7 Å². The Balaban J connectivity index is 2.65. The summed E-state index contributed by atoms with van der Waals surface area (Å²) in [5, 5.41) is 3.29. The first-order valence-corrected chi connectivity index (χ1v) is 7.26. The highest BCUT2D eigenvalue weighted by Gasteiger charge is 2.15. The molecular weight excluding hydrogens is 252 g/mol. The van der Waals surface area contributed by atoms with Crippen molar-refractivity contribution < 1.29 is 9.53 Å². The maximum atomic E-state index is 12.4. The van der Waals surface area contributed by atoms with E-state index in [1.54, 1.807) is 4.90 Å². The van der Waals surface area contributed by atoms with Crippen LogP contribution in [0.2, 0.25) is 0 Å². The van der Waals surface area contributed by atoms with Crippen LogP contribution in [0, 0.1) is 0 Å². The van der Waals surface area contributed by atoms with Crippen molar-refractivity contribution in [3.63, 3.8) is 0 Å². The molecule has 0 spiro atoms. The quantitative estimate of drug-likeness (QED) is 0.795. The van der Waals surface area contributed by atoms with Crippen LogP contribution in [0.4, 0.5) is 5.69 Å². The number of ether oxygens (including phenoxy) is 1. The number of hydrogen-bond acceptors (Lipinski definition) is 3. The molecule has 0 saturated heterocycles. The molecule has 112 valence electrons. The number of hydrogen-bond donors (Lipinski definition) is 1. The van der Waals surface area contributed by atoms with Gasteiger partial charge in [0.05, 0.1) is 18.3 Å². The zero-order valence-electron chi connectivity index (χ0n) is 13.0. The molecule has 1 amide bonds. The highest BCUT2D eigenvalue weighted by molar-refractivity contribution is 5.99. The standard InChI is InChI=1S/C16H26N2O2/c1-5-10-17-15-9-7-6-8-14(15)16(19)18(4)11-12-20-13(2)3/h6-9,13,17H,5,10-12H2,1-4H3. The van der Waals surface area contributed by atoms with Crippen molar-refractivity contribution in [2.24, 2.45) is 0 Å². The Morgan fingerprint density at radius 2 is 2.05 bits per heavy atom. The fourth-order valence-electron chi connectivity index (χ4n) is 1.82. The van der Waals surface area contributed by atoms with Gasteiger partial charge in [-0.3, -0.25) is 4.79 Å². The Labute approximate surface area is 122 Å². The summed E-state index contributed by atoms with van der Waals surface area (Å²) in [6.07, 6.45) is 1.22. The molecule has 4 nitrogen and oxygen atoms in total. The molecule has 0 fully saturated rings. The van der Waals surface area contributed by atoms with Crippen LogP contribution in [0.25, 0.3) is 0 Å². The maximum absolute atomic E-state index is 12.4. The Morgan fingerprint density at radius 1 is 1.35 bits per heavy atom. The molecule has 1 aromatic rings. The third kappa shape index (κ3) is 5.21. The van der Waals surface area contributed by atoms with Gasteiger partial charge in [0, 0.05) is 25.8 Å². The molecular formula is C16H26N2O2. The van der Waals surface area contributed by atoms with Gasteiger partial charge in [0.2, 0.25) is 0 Å². The van der Waals surface area contributed by atoms with Gasteiger partial charge in [-0.15, -0.1) is 0 Å². The summed E-state index contributed by atoms with van der Waals surface area (Å²) < 4.78 is 5.48. The van der Waals surface area contributed by atoms with E-state index in [2.05, 4.69) is 12.2 Å². The molecule has 0 aliphatic rings. The van der Waals surface area contributed by atoms with Gasteiger partial charge in [-0.05, 0) is 32.4 Å². The van der Waals surface area contributed by atoms with Crippen LogP contribution < -0.4 is 5.32 Å². The van der Waals surface area contributed by atoms with Crippen molar-refractivity contribution in [2.45, 2.75) is 33.3 Å². The van der Waals surface area contributed by atoms with Gasteiger partial charge < -0.3 is 15.0 Å². The summed E-state index contributed by atoms with van der Waals surface area (Å²) >= 11 is 0. The van der Waals surface area contributed by atoms with E-state index in [4.69, 9.17) is 4.74 Å². The lowest BCUT2D eigenvalue weighted by atomic mass is 10.1. The zero-order valence-corrected chi connectivity index (χ0v) is 13.0. The molecule has 1 rings (SSSR count). The van der Waals surface area contributed by atoms with Crippen molar-refractivity contribution in [3.05, 3.63) is 29.8 Å². The lowest BCUT2D eigenvalue weighted by Crippen LogP contribution is -2.31. The monoisotopic (exact) mass is 278 g/mol. The first-order chi connectivity index (χ1) is 9.56. The Morgan fingerprint density at radius 3 is 2.70 bits per heavy atom. The topological polar surface area (TPSA) is 41.6 Å². The second-order valence-corrected chi connectivity index (χ2v) is 5.12. The van der Waals surface area contributed by atoms with Crippen LogP contribution >= 0.6 is 0 Å². The van der Waals surface area contributed by atoms with E-state index in [-0.39, 0.29) is 12.0 Å². The van der Waals surface area contributed by atoms with Crippen molar-refractivity contribution in [2.75, 3.05) is 32.1 Å². The van der Waals surface area contributed by atoms with Crippen LogP contribution in [-0.2, 0) is 4.74 Å². The molecule has 0 aromatic heterocycles. The SMILES string of the molecule is CCCNc1ccccc1C(=O)N(C)CCOC(C)C. The minimum absolute atomic E-state index is 0.0246. The third-order valence-corrected chi connectivity index (χ3v) is 2.95. The third-order valence-electron chi connectivity index (χ3n) is 2.95. The smallest absolute Gasteiger partial charge is 0.255 e. The van der Waals surface area contributed by atoms with Crippen LogP contribution in [0.15, 0.2) is 24.3 Å². The number of likely N-dealkylation sites (N-methyl/N-ethyl adjacent to an activating group) is 1. The molecule has 1 N–H and O–H groups in total.